The van der Waals surface area contributed by atoms with Crippen molar-refractivity contribution < 1.29 is 9.53 Å². The minimum atomic E-state index is -0.543. The lowest BCUT2D eigenvalue weighted by molar-refractivity contribution is 0.0636. The number of benzene rings is 1. The van der Waals surface area contributed by atoms with Crippen LogP contribution in [0.3, 0.4) is 0 Å². The number of anilines is 2. The summed E-state index contributed by atoms with van der Waals surface area (Å²) < 4.78 is 6.85. The quantitative estimate of drug-likeness (QED) is 0.667. The smallest absolute Gasteiger partial charge is 0.412 e. The van der Waals surface area contributed by atoms with Crippen molar-refractivity contribution in [2.24, 2.45) is 0 Å². The summed E-state index contributed by atoms with van der Waals surface area (Å²) in [5.74, 6) is 0.569. The number of carbonyl (C=O) groups is 1. The maximum atomic E-state index is 12.4. The molecule has 0 fully saturated rings. The zero-order valence-corrected chi connectivity index (χ0v) is 17.4. The van der Waals surface area contributed by atoms with Crippen molar-refractivity contribution in [3.8, 4) is 0 Å². The monoisotopic (exact) mass is 406 g/mol. The van der Waals surface area contributed by atoms with E-state index in [9.17, 15) is 9.59 Å². The Morgan fingerprint density at radius 1 is 1.20 bits per heavy atom. The predicted molar refractivity (Wildman–Crippen MR) is 117 cm³/mol. The van der Waals surface area contributed by atoms with E-state index in [0.717, 1.165) is 24.8 Å². The van der Waals surface area contributed by atoms with Gasteiger partial charge in [0.05, 0.1) is 6.04 Å². The number of carbonyl (C=O) groups excluding carboxylic acids is 1. The van der Waals surface area contributed by atoms with E-state index in [1.807, 2.05) is 57.2 Å². The van der Waals surface area contributed by atoms with Crippen molar-refractivity contribution in [3.05, 3.63) is 70.1 Å². The van der Waals surface area contributed by atoms with Crippen LogP contribution >= 0.6 is 0 Å². The molecule has 1 amide bonds. The van der Waals surface area contributed by atoms with E-state index in [-0.39, 0.29) is 11.6 Å². The fourth-order valence-corrected chi connectivity index (χ4v) is 3.77. The van der Waals surface area contributed by atoms with Gasteiger partial charge in [0.15, 0.2) is 0 Å². The van der Waals surface area contributed by atoms with Crippen molar-refractivity contribution in [3.63, 3.8) is 0 Å². The Bertz CT molecular complexity index is 1150. The summed E-state index contributed by atoms with van der Waals surface area (Å²) in [6.07, 6.45) is 4.14. The highest BCUT2D eigenvalue weighted by Gasteiger charge is 2.22. The molecule has 7 heteroatoms. The third kappa shape index (κ3) is 4.45. The molecular formula is C23H26N4O3. The molecule has 0 bridgehead atoms. The number of nitrogens with zero attached hydrogens (tertiary/aromatic N) is 2. The Kier molecular flexibility index (Phi) is 5.20. The molecule has 2 heterocycles. The van der Waals surface area contributed by atoms with Crippen molar-refractivity contribution in [2.75, 3.05) is 10.6 Å². The van der Waals surface area contributed by atoms with Crippen LogP contribution in [0.15, 0.2) is 53.5 Å². The van der Waals surface area contributed by atoms with Crippen molar-refractivity contribution >= 4 is 23.2 Å². The van der Waals surface area contributed by atoms with Crippen LogP contribution in [0.4, 0.5) is 16.3 Å². The summed E-state index contributed by atoms with van der Waals surface area (Å²) in [6.45, 7) is 5.51. The topological polar surface area (TPSA) is 84.7 Å². The third-order valence-electron chi connectivity index (χ3n) is 5.00. The molecule has 0 spiro atoms. The van der Waals surface area contributed by atoms with Gasteiger partial charge in [0.2, 0.25) is 0 Å². The van der Waals surface area contributed by atoms with Crippen LogP contribution in [0.2, 0.25) is 0 Å². The van der Waals surface area contributed by atoms with E-state index in [0.29, 0.717) is 17.2 Å². The Morgan fingerprint density at radius 3 is 2.83 bits per heavy atom. The van der Waals surface area contributed by atoms with Gasteiger partial charge < -0.3 is 10.1 Å². The summed E-state index contributed by atoms with van der Waals surface area (Å²) in [4.78, 5) is 29.0. The molecule has 30 heavy (non-hydrogen) atoms. The number of rotatable bonds is 3. The lowest BCUT2D eigenvalue weighted by Crippen LogP contribution is -2.27. The second kappa shape index (κ2) is 7.82. The van der Waals surface area contributed by atoms with Gasteiger partial charge in [-0.1, -0.05) is 12.1 Å². The molecule has 2 aromatic heterocycles. The van der Waals surface area contributed by atoms with Crippen molar-refractivity contribution in [1.82, 2.24) is 9.38 Å². The Labute approximate surface area is 175 Å². The van der Waals surface area contributed by atoms with Gasteiger partial charge in [-0.25, -0.2) is 9.78 Å². The first-order chi connectivity index (χ1) is 14.3. The second-order valence-corrected chi connectivity index (χ2v) is 8.54. The van der Waals surface area contributed by atoms with E-state index < -0.39 is 11.7 Å². The molecule has 1 aliphatic rings. The van der Waals surface area contributed by atoms with Crippen molar-refractivity contribution in [1.29, 1.82) is 0 Å². The van der Waals surface area contributed by atoms with Gasteiger partial charge in [-0.15, -0.1) is 0 Å². The van der Waals surface area contributed by atoms with E-state index in [1.54, 1.807) is 6.20 Å². The first-order valence-electron chi connectivity index (χ1n) is 10.2. The highest BCUT2D eigenvalue weighted by Crippen LogP contribution is 2.33. The van der Waals surface area contributed by atoms with Crippen LogP contribution in [0, 0.1) is 0 Å². The number of hydrogen-bond acceptors (Lipinski definition) is 5. The maximum Gasteiger partial charge on any atom is 0.412 e. The van der Waals surface area contributed by atoms with Gasteiger partial charge in [-0.3, -0.25) is 14.5 Å². The first-order valence-corrected chi connectivity index (χ1v) is 10.2. The average Bonchev–Trinajstić information content (AvgIpc) is 2.66. The Morgan fingerprint density at radius 2 is 2.03 bits per heavy atom. The zero-order valence-electron chi connectivity index (χ0n) is 17.4. The number of amides is 1. The lowest BCUT2D eigenvalue weighted by Gasteiger charge is -2.27. The molecule has 0 saturated carbocycles. The summed E-state index contributed by atoms with van der Waals surface area (Å²) in [7, 11) is 0. The molecule has 1 aliphatic carbocycles. The van der Waals surface area contributed by atoms with Gasteiger partial charge in [-0.05, 0) is 75.4 Å². The molecule has 7 nitrogen and oxygen atoms in total. The normalized spacial score (nSPS) is 16.0. The predicted octanol–water partition coefficient (Wildman–Crippen LogP) is 4.53. The molecule has 1 aromatic carbocycles. The molecule has 0 saturated heterocycles. The number of pyridine rings is 1. The number of hydrogen-bond donors (Lipinski definition) is 2. The Hall–Kier alpha value is -3.35. The Balaban J connectivity index is 1.54. The molecule has 156 valence electrons. The largest absolute Gasteiger partial charge is 0.444 e. The molecule has 1 unspecified atom stereocenters. The van der Waals surface area contributed by atoms with Crippen molar-refractivity contribution in [2.45, 2.75) is 51.7 Å². The third-order valence-corrected chi connectivity index (χ3v) is 5.00. The fourth-order valence-electron chi connectivity index (χ4n) is 3.77. The minimum absolute atomic E-state index is 0.0578. The molecule has 4 rings (SSSR count). The zero-order chi connectivity index (χ0) is 21.3. The van der Waals surface area contributed by atoms with E-state index in [2.05, 4.69) is 15.6 Å². The van der Waals surface area contributed by atoms with E-state index in [1.165, 1.54) is 16.0 Å². The van der Waals surface area contributed by atoms with Gasteiger partial charge in [-0.2, -0.15) is 0 Å². The average molecular weight is 406 g/mol. The first kappa shape index (κ1) is 19.9. The van der Waals surface area contributed by atoms with Crippen LogP contribution < -0.4 is 16.2 Å². The highest BCUT2D eigenvalue weighted by molar-refractivity contribution is 5.85. The number of ether oxygens (including phenoxy) is 1. The number of aromatic nitrogens is 2. The number of nitrogens with one attached hydrogen (secondary N) is 2. The van der Waals surface area contributed by atoms with Crippen LogP contribution in [0.25, 0.3) is 5.65 Å². The second-order valence-electron chi connectivity index (χ2n) is 8.54. The van der Waals surface area contributed by atoms with Crippen LogP contribution in [-0.2, 0) is 11.2 Å². The molecule has 0 aliphatic heterocycles. The van der Waals surface area contributed by atoms with Gasteiger partial charge in [0.25, 0.3) is 5.56 Å². The molecular weight excluding hydrogens is 380 g/mol. The SMILES string of the molecule is CC(C)(C)OC(=O)Nc1ccc2c(c1)CCCC2Nc1cc(=O)n2ccccc2n1. The molecule has 1 atom stereocenters. The summed E-state index contributed by atoms with van der Waals surface area (Å²) >= 11 is 0. The standard InChI is InChI=1S/C23H26N4O3/c1-23(2,3)30-22(29)24-16-10-11-17-15(13-16)7-6-8-18(17)25-19-14-21(28)27-12-5-4-9-20(27)26-19/h4-5,9-14,18,25H,6-8H2,1-3H3,(H,24,29). The van der Waals surface area contributed by atoms with Crippen LogP contribution in [0.5, 0.6) is 0 Å². The van der Waals surface area contributed by atoms with Gasteiger partial charge in [0.1, 0.15) is 17.1 Å². The minimum Gasteiger partial charge on any atom is -0.444 e. The van der Waals surface area contributed by atoms with Crippen LogP contribution in [-0.4, -0.2) is 21.1 Å². The van der Waals surface area contributed by atoms with Gasteiger partial charge >= 0.3 is 6.09 Å². The van der Waals surface area contributed by atoms with Crippen LogP contribution in [0.1, 0.15) is 50.8 Å². The highest BCUT2D eigenvalue weighted by atomic mass is 16.6. The molecule has 2 N–H and O–H groups in total. The van der Waals surface area contributed by atoms with Gasteiger partial charge in [0, 0.05) is 18.0 Å². The lowest BCUT2D eigenvalue weighted by atomic mass is 9.87. The summed E-state index contributed by atoms with van der Waals surface area (Å²) in [6, 6.07) is 13.0. The number of aryl methyl sites for hydroxylation is 1. The fraction of sp³-hybridized carbons (Fsp3) is 0.348. The molecule has 3 aromatic rings. The summed E-state index contributed by atoms with van der Waals surface area (Å²) in [5, 5.41) is 6.23. The summed E-state index contributed by atoms with van der Waals surface area (Å²) in [5.41, 5.74) is 3.00. The van der Waals surface area contributed by atoms with E-state index >= 15 is 0 Å². The maximum absolute atomic E-state index is 12.4. The number of fused-ring (bicyclic) bond motifs is 2. The van der Waals surface area contributed by atoms with E-state index in [4.69, 9.17) is 4.74 Å². The molecule has 0 radical (unpaired) electrons.